The number of carbonyl (C=O) groups is 1. The molecule has 0 saturated carbocycles. The van der Waals surface area contributed by atoms with Crippen molar-refractivity contribution in [1.82, 2.24) is 4.72 Å². The van der Waals surface area contributed by atoms with E-state index in [1.165, 1.54) is 0 Å². The quantitative estimate of drug-likeness (QED) is 0.699. The lowest BCUT2D eigenvalue weighted by Gasteiger charge is -2.31. The average Bonchev–Trinajstić information content (AvgIpc) is 2.65. The second kappa shape index (κ2) is 8.19. The maximum atomic E-state index is 12.8. The number of benzene rings is 2. The summed E-state index contributed by atoms with van der Waals surface area (Å²) >= 11 is 0. The molecule has 6 nitrogen and oxygen atoms in total. The van der Waals surface area contributed by atoms with Crippen molar-refractivity contribution in [3.05, 3.63) is 60.2 Å². The van der Waals surface area contributed by atoms with Gasteiger partial charge in [-0.15, -0.1) is 13.2 Å². The Bertz CT molecular complexity index is 914. The second-order valence-corrected chi connectivity index (χ2v) is 7.42. The van der Waals surface area contributed by atoms with Gasteiger partial charge in [0.25, 0.3) is 0 Å². The van der Waals surface area contributed by atoms with Crippen LogP contribution in [-0.4, -0.2) is 27.9 Å². The van der Waals surface area contributed by atoms with Crippen LogP contribution in [0.4, 0.5) is 13.2 Å². The normalized spacial score (nSPS) is 14.2. The maximum absolute atomic E-state index is 12.8. The van der Waals surface area contributed by atoms with Crippen molar-refractivity contribution in [2.75, 3.05) is 7.11 Å². The van der Waals surface area contributed by atoms with Crippen LogP contribution in [0.15, 0.2) is 59.5 Å². The van der Waals surface area contributed by atoms with Gasteiger partial charge in [0.1, 0.15) is 5.75 Å². The standard InChI is InChI=1S/C18H18F3NO5S/c1-3-17(16(23)26-2,13-7-5-4-6-8-13)22-28(24,25)15-11-9-14(10-12-15)27-18(19,20)21/h4-12,22H,3H2,1-2H3/t17-/m1/s1. The average molecular weight is 417 g/mol. The Balaban J connectivity index is 2.42. The lowest BCUT2D eigenvalue weighted by molar-refractivity contribution is -0.274. The van der Waals surface area contributed by atoms with Crippen molar-refractivity contribution in [2.24, 2.45) is 0 Å². The monoisotopic (exact) mass is 417 g/mol. The molecule has 0 heterocycles. The Hall–Kier alpha value is -2.59. The number of sulfonamides is 1. The molecule has 1 atom stereocenters. The fourth-order valence-corrected chi connectivity index (χ4v) is 4.06. The Morgan fingerprint density at radius 3 is 2.07 bits per heavy atom. The van der Waals surface area contributed by atoms with Gasteiger partial charge in [0.2, 0.25) is 10.0 Å². The molecule has 2 aromatic carbocycles. The molecule has 0 unspecified atom stereocenters. The Morgan fingerprint density at radius 2 is 1.61 bits per heavy atom. The maximum Gasteiger partial charge on any atom is 0.573 e. The third-order valence-corrected chi connectivity index (χ3v) is 5.52. The first-order chi connectivity index (χ1) is 13.0. The molecule has 2 aromatic rings. The predicted molar refractivity (Wildman–Crippen MR) is 93.9 cm³/mol. The number of hydrogen-bond acceptors (Lipinski definition) is 5. The van der Waals surface area contributed by atoms with Gasteiger partial charge in [-0.2, -0.15) is 4.72 Å². The first-order valence-corrected chi connectivity index (χ1v) is 9.56. The third kappa shape index (κ3) is 4.82. The van der Waals surface area contributed by atoms with Gasteiger partial charge in [-0.1, -0.05) is 37.3 Å². The minimum Gasteiger partial charge on any atom is -0.467 e. The Labute approximate surface area is 160 Å². The molecule has 0 aromatic heterocycles. The zero-order valence-electron chi connectivity index (χ0n) is 15.0. The lowest BCUT2D eigenvalue weighted by Crippen LogP contribution is -2.51. The summed E-state index contributed by atoms with van der Waals surface area (Å²) in [6.45, 7) is 1.60. The molecule has 1 N–H and O–H groups in total. The second-order valence-electron chi connectivity index (χ2n) is 5.74. The highest BCUT2D eigenvalue weighted by Crippen LogP contribution is 2.30. The van der Waals surface area contributed by atoms with E-state index in [4.69, 9.17) is 4.74 Å². The summed E-state index contributed by atoms with van der Waals surface area (Å²) in [4.78, 5) is 12.2. The van der Waals surface area contributed by atoms with E-state index in [1.54, 1.807) is 37.3 Å². The molecule has 0 aliphatic carbocycles. The minimum atomic E-state index is -4.89. The lowest BCUT2D eigenvalue weighted by atomic mass is 9.88. The molecule has 28 heavy (non-hydrogen) atoms. The molecular weight excluding hydrogens is 399 g/mol. The van der Waals surface area contributed by atoms with E-state index in [9.17, 15) is 26.4 Å². The molecule has 0 aliphatic rings. The largest absolute Gasteiger partial charge is 0.573 e. The van der Waals surface area contributed by atoms with Crippen LogP contribution in [0.3, 0.4) is 0 Å². The van der Waals surface area contributed by atoms with Gasteiger partial charge in [-0.05, 0) is 36.2 Å². The van der Waals surface area contributed by atoms with Crippen LogP contribution in [0, 0.1) is 0 Å². The van der Waals surface area contributed by atoms with Crippen LogP contribution in [0.5, 0.6) is 5.75 Å². The summed E-state index contributed by atoms with van der Waals surface area (Å²) in [6.07, 6.45) is -4.85. The molecule has 0 fully saturated rings. The topological polar surface area (TPSA) is 81.7 Å². The van der Waals surface area contributed by atoms with E-state index in [-0.39, 0.29) is 11.3 Å². The zero-order chi connectivity index (χ0) is 21.0. The number of rotatable bonds is 7. The summed E-state index contributed by atoms with van der Waals surface area (Å²) in [7, 11) is -3.15. The number of ether oxygens (including phenoxy) is 2. The molecule has 152 valence electrons. The molecule has 0 saturated heterocycles. The molecule has 10 heteroatoms. The molecule has 0 radical (unpaired) electrons. The zero-order valence-corrected chi connectivity index (χ0v) is 15.8. The fourth-order valence-electron chi connectivity index (χ4n) is 2.64. The van der Waals surface area contributed by atoms with E-state index in [1.807, 2.05) is 0 Å². The summed E-state index contributed by atoms with van der Waals surface area (Å²) in [5, 5.41) is 0. The summed E-state index contributed by atoms with van der Waals surface area (Å²) in [6, 6.07) is 11.8. The Kier molecular flexibility index (Phi) is 6.35. The van der Waals surface area contributed by atoms with Crippen molar-refractivity contribution >= 4 is 16.0 Å². The minimum absolute atomic E-state index is 0.0399. The number of hydrogen-bond donors (Lipinski definition) is 1. The van der Waals surface area contributed by atoms with E-state index in [0.29, 0.717) is 5.56 Å². The van der Waals surface area contributed by atoms with Gasteiger partial charge < -0.3 is 9.47 Å². The van der Waals surface area contributed by atoms with Crippen molar-refractivity contribution < 1.29 is 35.9 Å². The van der Waals surface area contributed by atoms with Gasteiger partial charge in [-0.3, -0.25) is 0 Å². The first kappa shape index (κ1) is 21.7. The number of nitrogens with one attached hydrogen (secondary N) is 1. The van der Waals surface area contributed by atoms with E-state index in [0.717, 1.165) is 31.4 Å². The van der Waals surface area contributed by atoms with Crippen LogP contribution in [-0.2, 0) is 25.1 Å². The van der Waals surface area contributed by atoms with Crippen molar-refractivity contribution in [3.63, 3.8) is 0 Å². The van der Waals surface area contributed by atoms with Crippen molar-refractivity contribution in [2.45, 2.75) is 30.1 Å². The van der Waals surface area contributed by atoms with Crippen LogP contribution in [0.25, 0.3) is 0 Å². The first-order valence-electron chi connectivity index (χ1n) is 8.08. The predicted octanol–water partition coefficient (Wildman–Crippen LogP) is 3.34. The van der Waals surface area contributed by atoms with E-state index in [2.05, 4.69) is 9.46 Å². The highest BCUT2D eigenvalue weighted by Gasteiger charge is 2.43. The number of methoxy groups -OCH3 is 1. The SMILES string of the molecule is CC[C@](NS(=O)(=O)c1ccc(OC(F)(F)F)cc1)(C(=O)OC)c1ccccc1. The van der Waals surface area contributed by atoms with Crippen LogP contribution in [0.2, 0.25) is 0 Å². The highest BCUT2D eigenvalue weighted by atomic mass is 32.2. The van der Waals surface area contributed by atoms with Crippen LogP contribution in [0.1, 0.15) is 18.9 Å². The molecule has 0 aliphatic heterocycles. The van der Waals surface area contributed by atoms with E-state index >= 15 is 0 Å². The molecule has 0 amide bonds. The summed E-state index contributed by atoms with van der Waals surface area (Å²) in [5.41, 5.74) is -1.33. The molecule has 2 rings (SSSR count). The van der Waals surface area contributed by atoms with Gasteiger partial charge in [0.15, 0.2) is 5.54 Å². The number of esters is 1. The number of carbonyl (C=O) groups excluding carboxylic acids is 1. The van der Waals surface area contributed by atoms with Gasteiger partial charge in [0, 0.05) is 0 Å². The molecule has 0 bridgehead atoms. The van der Waals surface area contributed by atoms with Crippen LogP contribution < -0.4 is 9.46 Å². The van der Waals surface area contributed by atoms with Crippen LogP contribution >= 0.6 is 0 Å². The van der Waals surface area contributed by atoms with Crippen molar-refractivity contribution in [3.8, 4) is 5.75 Å². The van der Waals surface area contributed by atoms with E-state index < -0.39 is 33.6 Å². The number of halogens is 3. The third-order valence-electron chi connectivity index (χ3n) is 4.01. The highest BCUT2D eigenvalue weighted by molar-refractivity contribution is 7.89. The van der Waals surface area contributed by atoms with Crippen molar-refractivity contribution in [1.29, 1.82) is 0 Å². The van der Waals surface area contributed by atoms with Gasteiger partial charge in [-0.25, -0.2) is 13.2 Å². The smallest absolute Gasteiger partial charge is 0.467 e. The summed E-state index contributed by atoms with van der Waals surface area (Å²) in [5.74, 6) is -1.38. The fraction of sp³-hybridized carbons (Fsp3) is 0.278. The Morgan fingerprint density at radius 1 is 1.04 bits per heavy atom. The summed E-state index contributed by atoms with van der Waals surface area (Å²) < 4.78 is 73.3. The van der Waals surface area contributed by atoms with Gasteiger partial charge >= 0.3 is 12.3 Å². The molecule has 0 spiro atoms. The van der Waals surface area contributed by atoms with Gasteiger partial charge in [0.05, 0.1) is 12.0 Å². The number of alkyl halides is 3. The molecular formula is C18H18F3NO5S.